The van der Waals surface area contributed by atoms with E-state index < -0.39 is 0 Å². The first-order valence-corrected chi connectivity index (χ1v) is 4.81. The van der Waals surface area contributed by atoms with Gasteiger partial charge in [0.25, 0.3) is 0 Å². The zero-order valence-electron chi connectivity index (χ0n) is 9.19. The summed E-state index contributed by atoms with van der Waals surface area (Å²) in [6.45, 7) is 3.67. The van der Waals surface area contributed by atoms with Crippen LogP contribution in [0.4, 0.5) is 0 Å². The van der Waals surface area contributed by atoms with Crippen molar-refractivity contribution in [2.45, 2.75) is 12.5 Å². The monoisotopic (exact) mass is 207 g/mol. The van der Waals surface area contributed by atoms with Gasteiger partial charge in [0.05, 0.1) is 14.2 Å². The minimum atomic E-state index is -0.0395. The van der Waals surface area contributed by atoms with Gasteiger partial charge in [0.15, 0.2) is 11.5 Å². The average molecular weight is 207 g/mol. The maximum Gasteiger partial charge on any atom is 0.161 e. The molecule has 0 aliphatic heterocycles. The van der Waals surface area contributed by atoms with Crippen molar-refractivity contribution in [3.63, 3.8) is 0 Å². The standard InChI is InChI=1S/C12H17NO2/c1-4-5-10(13)9-6-7-11(14-2)12(8-9)15-3/h4,6-8,10H,1,5,13H2,2-3H3. The average Bonchev–Trinajstić information content (AvgIpc) is 2.28. The van der Waals surface area contributed by atoms with Gasteiger partial charge in [0, 0.05) is 6.04 Å². The third kappa shape index (κ3) is 2.73. The maximum atomic E-state index is 5.95. The molecular weight excluding hydrogens is 190 g/mol. The maximum absolute atomic E-state index is 5.95. The fourth-order valence-electron chi connectivity index (χ4n) is 1.40. The third-order valence-electron chi connectivity index (χ3n) is 2.26. The first-order valence-electron chi connectivity index (χ1n) is 4.81. The molecule has 1 aromatic rings. The van der Waals surface area contributed by atoms with E-state index in [1.54, 1.807) is 20.3 Å². The van der Waals surface area contributed by atoms with Crippen molar-refractivity contribution in [1.29, 1.82) is 0 Å². The molecule has 1 atom stereocenters. The molecule has 1 rings (SSSR count). The van der Waals surface area contributed by atoms with E-state index in [4.69, 9.17) is 15.2 Å². The summed E-state index contributed by atoms with van der Waals surface area (Å²) in [6.07, 6.45) is 2.55. The minimum Gasteiger partial charge on any atom is -0.493 e. The molecule has 0 saturated heterocycles. The van der Waals surface area contributed by atoms with Gasteiger partial charge >= 0.3 is 0 Å². The highest BCUT2D eigenvalue weighted by Crippen LogP contribution is 2.30. The Morgan fingerprint density at radius 1 is 1.33 bits per heavy atom. The summed E-state index contributed by atoms with van der Waals surface area (Å²) in [5.41, 5.74) is 6.97. The minimum absolute atomic E-state index is 0.0395. The van der Waals surface area contributed by atoms with Gasteiger partial charge in [-0.3, -0.25) is 0 Å². The van der Waals surface area contributed by atoms with Gasteiger partial charge in [0.2, 0.25) is 0 Å². The molecule has 82 valence electrons. The lowest BCUT2D eigenvalue weighted by molar-refractivity contribution is 0.354. The second-order valence-electron chi connectivity index (χ2n) is 3.25. The van der Waals surface area contributed by atoms with Crippen LogP contribution in [0.3, 0.4) is 0 Å². The number of ether oxygens (including phenoxy) is 2. The predicted octanol–water partition coefficient (Wildman–Crippen LogP) is 2.28. The van der Waals surface area contributed by atoms with Crippen molar-refractivity contribution >= 4 is 0 Å². The fraction of sp³-hybridized carbons (Fsp3) is 0.333. The van der Waals surface area contributed by atoms with Crippen molar-refractivity contribution in [3.05, 3.63) is 36.4 Å². The summed E-state index contributed by atoms with van der Waals surface area (Å²) in [7, 11) is 3.22. The van der Waals surface area contributed by atoms with Crippen LogP contribution in [-0.2, 0) is 0 Å². The number of methoxy groups -OCH3 is 2. The Kier molecular flexibility index (Phi) is 4.18. The van der Waals surface area contributed by atoms with Crippen LogP contribution in [0.15, 0.2) is 30.9 Å². The van der Waals surface area contributed by atoms with Crippen molar-refractivity contribution < 1.29 is 9.47 Å². The van der Waals surface area contributed by atoms with Gasteiger partial charge < -0.3 is 15.2 Å². The summed E-state index contributed by atoms with van der Waals surface area (Å²) in [5.74, 6) is 1.42. The van der Waals surface area contributed by atoms with E-state index in [2.05, 4.69) is 6.58 Å². The second kappa shape index (κ2) is 5.41. The quantitative estimate of drug-likeness (QED) is 0.753. The third-order valence-corrected chi connectivity index (χ3v) is 2.26. The Morgan fingerprint density at radius 2 is 2.00 bits per heavy atom. The van der Waals surface area contributed by atoms with E-state index in [9.17, 15) is 0 Å². The van der Waals surface area contributed by atoms with Crippen molar-refractivity contribution in [1.82, 2.24) is 0 Å². The lowest BCUT2D eigenvalue weighted by Crippen LogP contribution is -2.09. The van der Waals surface area contributed by atoms with Crippen LogP contribution in [0.1, 0.15) is 18.0 Å². The number of hydrogen-bond acceptors (Lipinski definition) is 3. The molecule has 0 aromatic heterocycles. The van der Waals surface area contributed by atoms with Gasteiger partial charge in [-0.25, -0.2) is 0 Å². The molecule has 3 heteroatoms. The lowest BCUT2D eigenvalue weighted by atomic mass is 10.0. The van der Waals surface area contributed by atoms with Crippen LogP contribution in [0, 0.1) is 0 Å². The molecule has 0 saturated carbocycles. The fourth-order valence-corrected chi connectivity index (χ4v) is 1.40. The molecule has 15 heavy (non-hydrogen) atoms. The molecular formula is C12H17NO2. The van der Waals surface area contributed by atoms with Crippen molar-refractivity contribution in [3.8, 4) is 11.5 Å². The van der Waals surface area contributed by atoms with E-state index in [0.29, 0.717) is 11.5 Å². The number of rotatable bonds is 5. The molecule has 0 heterocycles. The van der Waals surface area contributed by atoms with Crippen LogP contribution in [0.5, 0.6) is 11.5 Å². The normalized spacial score (nSPS) is 11.9. The first kappa shape index (κ1) is 11.6. The van der Waals surface area contributed by atoms with Gasteiger partial charge in [-0.15, -0.1) is 6.58 Å². The number of hydrogen-bond donors (Lipinski definition) is 1. The van der Waals surface area contributed by atoms with Crippen molar-refractivity contribution in [2.24, 2.45) is 5.73 Å². The van der Waals surface area contributed by atoms with Crippen molar-refractivity contribution in [2.75, 3.05) is 14.2 Å². The summed E-state index contributed by atoms with van der Waals surface area (Å²) in [5, 5.41) is 0. The molecule has 0 spiro atoms. The Hall–Kier alpha value is -1.48. The summed E-state index contributed by atoms with van der Waals surface area (Å²) < 4.78 is 10.3. The Morgan fingerprint density at radius 3 is 2.53 bits per heavy atom. The van der Waals surface area contributed by atoms with Crippen LogP contribution in [0.25, 0.3) is 0 Å². The zero-order chi connectivity index (χ0) is 11.3. The van der Waals surface area contributed by atoms with Crippen LogP contribution >= 0.6 is 0 Å². The molecule has 0 radical (unpaired) electrons. The first-order chi connectivity index (χ1) is 7.22. The molecule has 1 unspecified atom stereocenters. The predicted molar refractivity (Wildman–Crippen MR) is 61.3 cm³/mol. The smallest absolute Gasteiger partial charge is 0.161 e. The molecule has 1 aromatic carbocycles. The van der Waals surface area contributed by atoms with E-state index >= 15 is 0 Å². The molecule has 0 amide bonds. The highest BCUT2D eigenvalue weighted by atomic mass is 16.5. The lowest BCUT2D eigenvalue weighted by Gasteiger charge is -2.13. The van der Waals surface area contributed by atoms with E-state index in [0.717, 1.165) is 12.0 Å². The van der Waals surface area contributed by atoms with E-state index in [1.165, 1.54) is 0 Å². The van der Waals surface area contributed by atoms with E-state index in [1.807, 2.05) is 18.2 Å². The van der Waals surface area contributed by atoms with Crippen LogP contribution < -0.4 is 15.2 Å². The highest BCUT2D eigenvalue weighted by Gasteiger charge is 2.08. The Labute approximate surface area is 90.5 Å². The number of nitrogens with two attached hydrogens (primary N) is 1. The second-order valence-corrected chi connectivity index (χ2v) is 3.25. The summed E-state index contributed by atoms with van der Waals surface area (Å²) >= 11 is 0. The van der Waals surface area contributed by atoms with Gasteiger partial charge in [0.1, 0.15) is 0 Å². The van der Waals surface area contributed by atoms with Crippen LogP contribution in [0.2, 0.25) is 0 Å². The summed E-state index contributed by atoms with van der Waals surface area (Å²) in [6, 6.07) is 5.65. The zero-order valence-corrected chi connectivity index (χ0v) is 9.19. The molecule has 3 nitrogen and oxygen atoms in total. The molecule has 0 bridgehead atoms. The van der Waals surface area contributed by atoms with E-state index in [-0.39, 0.29) is 6.04 Å². The van der Waals surface area contributed by atoms with Crippen LogP contribution in [-0.4, -0.2) is 14.2 Å². The molecule has 0 aliphatic rings. The topological polar surface area (TPSA) is 44.5 Å². The number of benzene rings is 1. The summed E-state index contributed by atoms with van der Waals surface area (Å²) in [4.78, 5) is 0. The van der Waals surface area contributed by atoms with Gasteiger partial charge in [-0.2, -0.15) is 0 Å². The SMILES string of the molecule is C=CCC(N)c1ccc(OC)c(OC)c1. The Balaban J connectivity index is 2.96. The molecule has 0 aliphatic carbocycles. The Bertz CT molecular complexity index is 336. The largest absolute Gasteiger partial charge is 0.493 e. The molecule has 2 N–H and O–H groups in total. The molecule has 0 fully saturated rings. The highest BCUT2D eigenvalue weighted by molar-refractivity contribution is 5.43. The van der Waals surface area contributed by atoms with Gasteiger partial charge in [-0.05, 0) is 24.1 Å². The van der Waals surface area contributed by atoms with Gasteiger partial charge in [-0.1, -0.05) is 12.1 Å².